The van der Waals surface area contributed by atoms with Crippen LogP contribution in [0.15, 0.2) is 18.2 Å². The number of esters is 1. The smallest absolute Gasteiger partial charge is 0.335 e. The molecule has 0 spiro atoms. The Hall–Kier alpha value is -1.95. The van der Waals surface area contributed by atoms with Crippen LogP contribution < -0.4 is 0 Å². The van der Waals surface area contributed by atoms with E-state index < -0.39 is 17.0 Å². The number of methoxy groups -OCH3 is 1. The first-order chi connectivity index (χ1) is 7.95. The van der Waals surface area contributed by atoms with Gasteiger partial charge >= 0.3 is 5.97 Å². The van der Waals surface area contributed by atoms with Gasteiger partial charge in [-0.1, -0.05) is 12.1 Å². The fourth-order valence-electron chi connectivity index (χ4n) is 1.44. The first kappa shape index (κ1) is 13.1. The number of aryl methyl sites for hydroxylation is 1. The number of rotatable bonds is 4. The maximum absolute atomic E-state index is 11.0. The Morgan fingerprint density at radius 3 is 2.76 bits per heavy atom. The summed E-state index contributed by atoms with van der Waals surface area (Å²) >= 11 is 0. The van der Waals surface area contributed by atoms with Crippen LogP contribution >= 0.6 is 0 Å². The van der Waals surface area contributed by atoms with Gasteiger partial charge in [0.25, 0.3) is 5.69 Å². The van der Waals surface area contributed by atoms with Gasteiger partial charge in [-0.25, -0.2) is 4.79 Å². The molecule has 0 bridgehead atoms. The van der Waals surface area contributed by atoms with E-state index in [1.54, 1.807) is 13.0 Å². The molecule has 0 amide bonds. The number of hydrogen-bond acceptors (Lipinski definition) is 5. The topological polar surface area (TPSA) is 89.7 Å². The Morgan fingerprint density at radius 2 is 2.24 bits per heavy atom. The fraction of sp³-hybridized carbons (Fsp3) is 0.364. The van der Waals surface area contributed by atoms with Crippen molar-refractivity contribution in [2.24, 2.45) is 0 Å². The molecule has 1 unspecified atom stereocenters. The quantitative estimate of drug-likeness (QED) is 0.480. The van der Waals surface area contributed by atoms with Crippen molar-refractivity contribution in [3.63, 3.8) is 0 Å². The standard InChI is InChI=1S/C11H13NO5/c1-7-3-4-8(9(5-7)12(15)16)6-10(13)11(14)17-2/h3-5,10,13H,6H2,1-2H3. The summed E-state index contributed by atoms with van der Waals surface area (Å²) in [5, 5.41) is 20.3. The number of carbonyl (C=O) groups excluding carboxylic acids is 1. The van der Waals surface area contributed by atoms with E-state index in [0.717, 1.165) is 12.7 Å². The number of aliphatic hydroxyl groups excluding tert-OH is 1. The zero-order valence-electron chi connectivity index (χ0n) is 9.54. The van der Waals surface area contributed by atoms with Gasteiger partial charge in [-0.15, -0.1) is 0 Å². The first-order valence-electron chi connectivity index (χ1n) is 4.95. The van der Waals surface area contributed by atoms with Gasteiger partial charge in [-0.3, -0.25) is 10.1 Å². The van der Waals surface area contributed by atoms with E-state index in [1.807, 2.05) is 0 Å². The minimum atomic E-state index is -1.39. The van der Waals surface area contributed by atoms with Gasteiger partial charge in [0.2, 0.25) is 0 Å². The Morgan fingerprint density at radius 1 is 1.59 bits per heavy atom. The molecule has 1 rings (SSSR count). The fourth-order valence-corrected chi connectivity index (χ4v) is 1.44. The van der Waals surface area contributed by atoms with Crippen molar-refractivity contribution in [2.75, 3.05) is 7.11 Å². The monoisotopic (exact) mass is 239 g/mol. The first-order valence-corrected chi connectivity index (χ1v) is 4.95. The summed E-state index contributed by atoms with van der Waals surface area (Å²) in [5.41, 5.74) is 0.944. The lowest BCUT2D eigenvalue weighted by molar-refractivity contribution is -0.385. The molecule has 1 atom stereocenters. The highest BCUT2D eigenvalue weighted by Crippen LogP contribution is 2.21. The van der Waals surface area contributed by atoms with Crippen LogP contribution in [0.2, 0.25) is 0 Å². The van der Waals surface area contributed by atoms with Gasteiger partial charge in [0.1, 0.15) is 0 Å². The summed E-state index contributed by atoms with van der Waals surface area (Å²) in [6, 6.07) is 4.62. The predicted octanol–water partition coefficient (Wildman–Crippen LogP) is 0.980. The second-order valence-corrected chi connectivity index (χ2v) is 3.63. The Balaban J connectivity index is 2.98. The molecule has 0 fully saturated rings. The SMILES string of the molecule is COC(=O)C(O)Cc1ccc(C)cc1[N+](=O)[O-]. The van der Waals surface area contributed by atoms with Crippen LogP contribution in [0.1, 0.15) is 11.1 Å². The minimum Gasteiger partial charge on any atom is -0.467 e. The lowest BCUT2D eigenvalue weighted by Gasteiger charge is -2.08. The normalized spacial score (nSPS) is 11.9. The second kappa shape index (κ2) is 5.40. The Bertz CT molecular complexity index is 443. The molecule has 6 nitrogen and oxygen atoms in total. The molecule has 0 aromatic heterocycles. The van der Waals surface area contributed by atoms with E-state index in [1.165, 1.54) is 12.1 Å². The highest BCUT2D eigenvalue weighted by atomic mass is 16.6. The Labute approximate surface area is 98.0 Å². The second-order valence-electron chi connectivity index (χ2n) is 3.63. The van der Waals surface area contributed by atoms with Crippen molar-refractivity contribution in [3.05, 3.63) is 39.4 Å². The number of hydrogen-bond donors (Lipinski definition) is 1. The third-order valence-electron chi connectivity index (χ3n) is 2.32. The molecule has 0 heterocycles. The molecule has 0 saturated heterocycles. The van der Waals surface area contributed by atoms with Crippen LogP contribution in [0.4, 0.5) is 5.69 Å². The van der Waals surface area contributed by atoms with Crippen molar-refractivity contribution in [1.82, 2.24) is 0 Å². The van der Waals surface area contributed by atoms with Crippen molar-refractivity contribution in [1.29, 1.82) is 0 Å². The third kappa shape index (κ3) is 3.25. The summed E-state index contributed by atoms with van der Waals surface area (Å²) in [7, 11) is 1.15. The molecule has 0 aliphatic rings. The summed E-state index contributed by atoms with van der Waals surface area (Å²) < 4.78 is 4.35. The van der Waals surface area contributed by atoms with Crippen LogP contribution in [0.3, 0.4) is 0 Å². The van der Waals surface area contributed by atoms with Crippen molar-refractivity contribution < 1.29 is 19.6 Å². The zero-order valence-corrected chi connectivity index (χ0v) is 9.54. The van der Waals surface area contributed by atoms with Gasteiger partial charge in [-0.2, -0.15) is 0 Å². The van der Waals surface area contributed by atoms with Crippen molar-refractivity contribution in [3.8, 4) is 0 Å². The molecule has 0 aliphatic carbocycles. The summed E-state index contributed by atoms with van der Waals surface area (Å²) in [6.45, 7) is 1.73. The maximum Gasteiger partial charge on any atom is 0.335 e. The summed E-state index contributed by atoms with van der Waals surface area (Å²) in [5.74, 6) is -0.806. The zero-order chi connectivity index (χ0) is 13.0. The van der Waals surface area contributed by atoms with Crippen molar-refractivity contribution >= 4 is 11.7 Å². The predicted molar refractivity (Wildman–Crippen MR) is 59.6 cm³/mol. The molecule has 0 radical (unpaired) electrons. The number of carbonyl (C=O) groups is 1. The van der Waals surface area contributed by atoms with Crippen LogP contribution in [0, 0.1) is 17.0 Å². The van der Waals surface area contributed by atoms with Gasteiger partial charge in [-0.05, 0) is 12.5 Å². The average Bonchev–Trinajstić information content (AvgIpc) is 2.29. The molecule has 1 aromatic carbocycles. The van der Waals surface area contributed by atoms with E-state index >= 15 is 0 Å². The van der Waals surface area contributed by atoms with E-state index in [4.69, 9.17) is 0 Å². The molecule has 92 valence electrons. The number of benzene rings is 1. The molecule has 1 N–H and O–H groups in total. The van der Waals surface area contributed by atoms with Gasteiger partial charge in [0, 0.05) is 18.1 Å². The number of nitrogens with zero attached hydrogens (tertiary/aromatic N) is 1. The molecule has 6 heteroatoms. The van der Waals surface area contributed by atoms with E-state index in [2.05, 4.69) is 4.74 Å². The highest BCUT2D eigenvalue weighted by molar-refractivity contribution is 5.74. The van der Waals surface area contributed by atoms with E-state index in [9.17, 15) is 20.0 Å². The molecule has 0 saturated carbocycles. The molecule has 1 aromatic rings. The van der Waals surface area contributed by atoms with Gasteiger partial charge < -0.3 is 9.84 Å². The minimum absolute atomic E-state index is 0.104. The number of nitro benzene ring substituents is 1. The van der Waals surface area contributed by atoms with E-state index in [0.29, 0.717) is 5.56 Å². The molecular weight excluding hydrogens is 226 g/mol. The van der Waals surface area contributed by atoms with Gasteiger partial charge in [0.05, 0.1) is 12.0 Å². The lowest BCUT2D eigenvalue weighted by atomic mass is 10.0. The summed E-state index contributed by atoms with van der Waals surface area (Å²) in [6.07, 6.45) is -1.52. The van der Waals surface area contributed by atoms with Crippen LogP contribution in [-0.4, -0.2) is 29.2 Å². The van der Waals surface area contributed by atoms with Crippen LogP contribution in [-0.2, 0) is 16.0 Å². The average molecular weight is 239 g/mol. The summed E-state index contributed by atoms with van der Waals surface area (Å²) in [4.78, 5) is 21.3. The lowest BCUT2D eigenvalue weighted by Crippen LogP contribution is -2.24. The van der Waals surface area contributed by atoms with Crippen LogP contribution in [0.5, 0.6) is 0 Å². The number of nitro groups is 1. The number of ether oxygens (including phenoxy) is 1. The highest BCUT2D eigenvalue weighted by Gasteiger charge is 2.21. The largest absolute Gasteiger partial charge is 0.467 e. The van der Waals surface area contributed by atoms with Crippen molar-refractivity contribution in [2.45, 2.75) is 19.4 Å². The molecule has 0 aliphatic heterocycles. The number of aliphatic hydroxyl groups is 1. The molecular formula is C11H13NO5. The van der Waals surface area contributed by atoms with E-state index in [-0.39, 0.29) is 12.1 Å². The van der Waals surface area contributed by atoms with Crippen LogP contribution in [0.25, 0.3) is 0 Å². The maximum atomic E-state index is 11.0. The Kier molecular flexibility index (Phi) is 4.17. The third-order valence-corrected chi connectivity index (χ3v) is 2.32. The van der Waals surface area contributed by atoms with Gasteiger partial charge in [0.15, 0.2) is 6.10 Å². The molecule has 17 heavy (non-hydrogen) atoms.